The van der Waals surface area contributed by atoms with Gasteiger partial charge in [0.05, 0.1) is 22.4 Å². The molecular formula is C47H36N2. The zero-order valence-electron chi connectivity index (χ0n) is 27.4. The molecule has 0 radical (unpaired) electrons. The van der Waals surface area contributed by atoms with Crippen molar-refractivity contribution in [1.82, 2.24) is 9.55 Å². The van der Waals surface area contributed by atoms with Gasteiger partial charge in [-0.25, -0.2) is 0 Å². The first-order chi connectivity index (χ1) is 24.3. The second kappa shape index (κ2) is 9.48. The van der Waals surface area contributed by atoms with Crippen LogP contribution >= 0.6 is 0 Å². The highest BCUT2D eigenvalue weighted by molar-refractivity contribution is 6.20. The molecule has 0 unspecified atom stereocenters. The molecule has 0 atom stereocenters. The molecule has 0 saturated heterocycles. The summed E-state index contributed by atoms with van der Waals surface area (Å²) in [5, 5.41) is 7.76. The highest BCUT2D eigenvalue weighted by Crippen LogP contribution is 2.69. The molecule has 49 heavy (non-hydrogen) atoms. The Labute approximate surface area is 286 Å². The number of fused-ring (bicyclic) bond motifs is 9. The van der Waals surface area contributed by atoms with Crippen LogP contribution < -0.4 is 0 Å². The molecule has 234 valence electrons. The van der Waals surface area contributed by atoms with E-state index in [1.54, 1.807) is 11.1 Å². The van der Waals surface area contributed by atoms with E-state index >= 15 is 0 Å². The molecule has 13 rings (SSSR count). The van der Waals surface area contributed by atoms with Gasteiger partial charge in [0.2, 0.25) is 0 Å². The molecule has 4 bridgehead atoms. The van der Waals surface area contributed by atoms with Gasteiger partial charge in [-0.05, 0) is 131 Å². The van der Waals surface area contributed by atoms with Crippen molar-refractivity contribution in [3.8, 4) is 28.1 Å². The highest BCUT2D eigenvalue weighted by Gasteiger charge is 2.61. The topological polar surface area (TPSA) is 17.8 Å². The van der Waals surface area contributed by atoms with Crippen molar-refractivity contribution in [2.75, 3.05) is 0 Å². The lowest BCUT2D eigenvalue weighted by molar-refractivity contribution is -0.0399. The number of rotatable bonds is 2. The fourth-order valence-corrected chi connectivity index (χ4v) is 11.8. The number of nitrogens with zero attached hydrogens (tertiary/aromatic N) is 2. The van der Waals surface area contributed by atoms with Gasteiger partial charge in [-0.3, -0.25) is 4.98 Å². The van der Waals surface area contributed by atoms with Gasteiger partial charge in [0.1, 0.15) is 0 Å². The fraction of sp³-hybridized carbons (Fsp3) is 0.213. The predicted molar refractivity (Wildman–Crippen MR) is 202 cm³/mol. The average Bonchev–Trinajstić information content (AvgIpc) is 3.63. The normalized spacial score (nSPS) is 24.8. The van der Waals surface area contributed by atoms with Crippen molar-refractivity contribution in [1.29, 1.82) is 0 Å². The highest BCUT2D eigenvalue weighted by atomic mass is 15.0. The van der Waals surface area contributed by atoms with Crippen LogP contribution in [-0.4, -0.2) is 9.55 Å². The van der Waals surface area contributed by atoms with Gasteiger partial charge < -0.3 is 4.57 Å². The minimum absolute atomic E-state index is 0.140. The maximum atomic E-state index is 4.92. The zero-order chi connectivity index (χ0) is 31.8. The molecule has 0 aliphatic heterocycles. The molecule has 8 aromatic rings. The first kappa shape index (κ1) is 26.7. The van der Waals surface area contributed by atoms with E-state index in [0.29, 0.717) is 0 Å². The van der Waals surface area contributed by atoms with E-state index in [1.165, 1.54) is 92.3 Å². The van der Waals surface area contributed by atoms with Crippen LogP contribution in [0, 0.1) is 23.7 Å². The van der Waals surface area contributed by atoms with E-state index in [4.69, 9.17) is 4.98 Å². The quantitative estimate of drug-likeness (QED) is 0.186. The summed E-state index contributed by atoms with van der Waals surface area (Å²) < 4.78 is 2.59. The van der Waals surface area contributed by atoms with Crippen LogP contribution in [0.2, 0.25) is 0 Å². The van der Waals surface area contributed by atoms with Crippen LogP contribution in [0.5, 0.6) is 0 Å². The third-order valence-corrected chi connectivity index (χ3v) is 13.4. The van der Waals surface area contributed by atoms with Crippen molar-refractivity contribution < 1.29 is 0 Å². The van der Waals surface area contributed by atoms with Crippen molar-refractivity contribution in [2.45, 2.75) is 37.5 Å². The Kier molecular flexibility index (Phi) is 5.17. The van der Waals surface area contributed by atoms with Crippen molar-refractivity contribution in [3.63, 3.8) is 0 Å². The number of aromatic nitrogens is 2. The molecule has 1 spiro atoms. The third-order valence-electron chi connectivity index (χ3n) is 13.4. The summed E-state index contributed by atoms with van der Waals surface area (Å²) in [6.07, 6.45) is 8.99. The van der Waals surface area contributed by atoms with E-state index in [9.17, 15) is 0 Å². The molecule has 5 aliphatic carbocycles. The van der Waals surface area contributed by atoms with Gasteiger partial charge in [0.15, 0.2) is 0 Å². The van der Waals surface area contributed by atoms with Crippen LogP contribution in [0.1, 0.15) is 43.2 Å². The largest absolute Gasteiger partial charge is 0.308 e. The van der Waals surface area contributed by atoms with Crippen LogP contribution in [0.15, 0.2) is 134 Å². The van der Waals surface area contributed by atoms with Gasteiger partial charge >= 0.3 is 0 Å². The summed E-state index contributed by atoms with van der Waals surface area (Å²) in [6, 6.07) is 48.3. The molecule has 2 nitrogen and oxygen atoms in total. The second-order valence-corrected chi connectivity index (χ2v) is 15.6. The molecule has 2 heteroatoms. The molecule has 4 fully saturated rings. The van der Waals surface area contributed by atoms with Gasteiger partial charge in [-0.2, -0.15) is 0 Å². The first-order valence-electron chi connectivity index (χ1n) is 18.3. The number of pyridine rings is 1. The molecule has 5 aliphatic rings. The lowest BCUT2D eigenvalue weighted by Crippen LogP contribution is -2.55. The smallest absolute Gasteiger partial charge is 0.0723 e. The van der Waals surface area contributed by atoms with Gasteiger partial charge in [-0.1, -0.05) is 91.0 Å². The van der Waals surface area contributed by atoms with Crippen molar-refractivity contribution >= 4 is 43.4 Å². The lowest BCUT2D eigenvalue weighted by Gasteiger charge is -2.61. The van der Waals surface area contributed by atoms with Crippen LogP contribution in [0.3, 0.4) is 0 Å². The molecular weight excluding hydrogens is 593 g/mol. The Morgan fingerprint density at radius 2 is 1.22 bits per heavy atom. The standard InChI is InChI=1S/C47H36N2/c1-2-11-32-25-44(40(24-31(32)10-1)43-15-7-8-18-48-43)49-45-27-38-36-13-5-6-14-41(36)47(33-20-28-19-29(22-33)23-34(47)21-28)42(38)26-39(45)37-17-16-30-9-3-4-12-35(30)46(37)49/h1-18,24-29,33-34H,19-23H2. The van der Waals surface area contributed by atoms with E-state index in [0.717, 1.165) is 34.9 Å². The molecule has 2 heterocycles. The van der Waals surface area contributed by atoms with Crippen molar-refractivity contribution in [3.05, 3.63) is 145 Å². The predicted octanol–water partition coefficient (Wildman–Crippen LogP) is 11.9. The second-order valence-electron chi connectivity index (χ2n) is 15.6. The summed E-state index contributed by atoms with van der Waals surface area (Å²) in [7, 11) is 0. The van der Waals surface area contributed by atoms with Gasteiger partial charge in [0.25, 0.3) is 0 Å². The lowest BCUT2D eigenvalue weighted by atomic mass is 9.43. The van der Waals surface area contributed by atoms with Crippen LogP contribution in [0.4, 0.5) is 0 Å². The summed E-state index contributed by atoms with van der Waals surface area (Å²) in [4.78, 5) is 4.92. The third kappa shape index (κ3) is 3.40. The van der Waals surface area contributed by atoms with E-state index in [1.807, 2.05) is 12.3 Å². The molecule has 2 aromatic heterocycles. The Bertz CT molecular complexity index is 2650. The summed E-state index contributed by atoms with van der Waals surface area (Å²) in [5.74, 6) is 3.35. The molecule has 0 N–H and O–H groups in total. The maximum absolute atomic E-state index is 4.92. The van der Waals surface area contributed by atoms with Crippen LogP contribution in [0.25, 0.3) is 71.4 Å². The minimum Gasteiger partial charge on any atom is -0.308 e. The summed E-state index contributed by atoms with van der Waals surface area (Å²) >= 11 is 0. The Hall–Kier alpha value is -5.21. The Morgan fingerprint density at radius 1 is 0.510 bits per heavy atom. The van der Waals surface area contributed by atoms with Crippen LogP contribution in [-0.2, 0) is 5.41 Å². The number of benzene rings is 6. The monoisotopic (exact) mass is 628 g/mol. The average molecular weight is 629 g/mol. The Morgan fingerprint density at radius 3 is 2.02 bits per heavy atom. The number of hydrogen-bond acceptors (Lipinski definition) is 1. The van der Waals surface area contributed by atoms with Gasteiger partial charge in [-0.15, -0.1) is 0 Å². The summed E-state index contributed by atoms with van der Waals surface area (Å²) in [6.45, 7) is 0. The first-order valence-corrected chi connectivity index (χ1v) is 18.3. The van der Waals surface area contributed by atoms with E-state index in [-0.39, 0.29) is 5.41 Å². The molecule has 4 saturated carbocycles. The fourth-order valence-electron chi connectivity index (χ4n) is 11.8. The maximum Gasteiger partial charge on any atom is 0.0723 e. The van der Waals surface area contributed by atoms with Crippen molar-refractivity contribution in [2.24, 2.45) is 23.7 Å². The summed E-state index contributed by atoms with van der Waals surface area (Å²) in [5.41, 5.74) is 12.2. The molecule has 6 aromatic carbocycles. The van der Waals surface area contributed by atoms with Gasteiger partial charge in [0, 0.05) is 33.3 Å². The number of hydrogen-bond donors (Lipinski definition) is 0. The SMILES string of the molecule is c1ccc(-c2cc3ccccc3cc2-n2c3cc4c(cc3c3ccc5ccccc5c32)C2(c3ccccc3-4)C3CC4CC(C3)CC2C4)nc1. The minimum atomic E-state index is 0.140. The van der Waals surface area contributed by atoms with E-state index < -0.39 is 0 Å². The Balaban J connectivity index is 1.25. The molecule has 0 amide bonds. The van der Waals surface area contributed by atoms with E-state index in [2.05, 4.69) is 126 Å². The zero-order valence-corrected chi connectivity index (χ0v) is 27.4.